The number of rotatable bonds is 5. The van der Waals surface area contributed by atoms with E-state index >= 15 is 0 Å². The van der Waals surface area contributed by atoms with Gasteiger partial charge in [0.05, 0.1) is 12.6 Å². The Balaban J connectivity index is 1.68. The minimum Gasteiger partial charge on any atom is -0.367 e. The molecule has 1 aliphatic rings. The summed E-state index contributed by atoms with van der Waals surface area (Å²) in [6, 6.07) is 10.7. The summed E-state index contributed by atoms with van der Waals surface area (Å²) in [7, 11) is 0. The molecule has 1 saturated heterocycles. The van der Waals surface area contributed by atoms with E-state index in [4.69, 9.17) is 9.73 Å². The largest absolute Gasteiger partial charge is 0.367 e. The summed E-state index contributed by atoms with van der Waals surface area (Å²) in [5.41, 5.74) is 3.19. The second-order valence-corrected chi connectivity index (χ2v) is 7.19. The molecule has 2 aromatic rings. The van der Waals surface area contributed by atoms with Crippen molar-refractivity contribution in [3.8, 4) is 0 Å². The molecular weight excluding hydrogens is 355 g/mol. The van der Waals surface area contributed by atoms with E-state index in [1.807, 2.05) is 19.2 Å². The fraction of sp³-hybridized carbons (Fsp3) is 0.455. The van der Waals surface area contributed by atoms with Crippen LogP contribution in [0.5, 0.6) is 0 Å². The Morgan fingerprint density at radius 3 is 2.71 bits per heavy atom. The number of aliphatic imine (C=N–C) groups is 1. The summed E-state index contributed by atoms with van der Waals surface area (Å²) in [6.07, 6.45) is 2.73. The molecule has 2 heterocycles. The van der Waals surface area contributed by atoms with Crippen LogP contribution in [0.3, 0.4) is 0 Å². The molecule has 5 nitrogen and oxygen atoms in total. The number of aryl methyl sites for hydroxylation is 1. The zero-order chi connectivity index (χ0) is 19.9. The number of nitrogens with one attached hydrogen (secondary N) is 1. The van der Waals surface area contributed by atoms with Crippen LogP contribution < -0.4 is 5.32 Å². The maximum absolute atomic E-state index is 13.3. The predicted octanol–water partition coefficient (Wildman–Crippen LogP) is 3.50. The molecule has 0 radical (unpaired) electrons. The molecule has 1 aromatic carbocycles. The van der Waals surface area contributed by atoms with Gasteiger partial charge >= 0.3 is 0 Å². The average molecular weight is 384 g/mol. The Hall–Kier alpha value is -2.47. The van der Waals surface area contributed by atoms with E-state index in [1.165, 1.54) is 17.7 Å². The summed E-state index contributed by atoms with van der Waals surface area (Å²) in [5.74, 6) is 0.662. The van der Waals surface area contributed by atoms with E-state index in [0.717, 1.165) is 36.7 Å². The Labute approximate surface area is 166 Å². The average Bonchev–Trinajstić information content (AvgIpc) is 2.69. The van der Waals surface area contributed by atoms with Gasteiger partial charge in [-0.15, -0.1) is 0 Å². The lowest BCUT2D eigenvalue weighted by molar-refractivity contribution is -0.0605. The zero-order valence-electron chi connectivity index (χ0n) is 16.9. The molecule has 2 atom stereocenters. The Morgan fingerprint density at radius 1 is 1.25 bits per heavy atom. The van der Waals surface area contributed by atoms with E-state index in [2.05, 4.69) is 35.1 Å². The van der Waals surface area contributed by atoms with Crippen LogP contribution in [-0.4, -0.2) is 48.1 Å². The van der Waals surface area contributed by atoms with Gasteiger partial charge < -0.3 is 15.0 Å². The number of guanidine groups is 1. The van der Waals surface area contributed by atoms with Crippen molar-refractivity contribution in [1.82, 2.24) is 15.2 Å². The van der Waals surface area contributed by atoms with Crippen molar-refractivity contribution in [3.05, 3.63) is 65.2 Å². The number of morpholine rings is 1. The van der Waals surface area contributed by atoms with Crippen molar-refractivity contribution in [1.29, 1.82) is 0 Å². The summed E-state index contributed by atoms with van der Waals surface area (Å²) < 4.78 is 19.4. The normalized spacial score (nSPS) is 20.3. The molecular formula is C22H29FN4O. The predicted molar refractivity (Wildman–Crippen MR) is 110 cm³/mol. The van der Waals surface area contributed by atoms with Gasteiger partial charge in [-0.2, -0.15) is 0 Å². The second-order valence-electron chi connectivity index (χ2n) is 7.19. The molecule has 1 fully saturated rings. The van der Waals surface area contributed by atoms with E-state index in [-0.39, 0.29) is 18.0 Å². The fourth-order valence-electron chi connectivity index (χ4n) is 3.35. The van der Waals surface area contributed by atoms with Crippen LogP contribution in [0.25, 0.3) is 0 Å². The highest BCUT2D eigenvalue weighted by molar-refractivity contribution is 5.80. The van der Waals surface area contributed by atoms with Gasteiger partial charge in [-0.3, -0.25) is 9.98 Å². The molecule has 3 rings (SSSR count). The number of ether oxygens (including phenoxy) is 1. The van der Waals surface area contributed by atoms with Gasteiger partial charge in [-0.1, -0.05) is 18.2 Å². The number of aromatic nitrogens is 1. The summed E-state index contributed by atoms with van der Waals surface area (Å²) in [6.45, 7) is 9.08. The fourth-order valence-corrected chi connectivity index (χ4v) is 3.35. The molecule has 1 aliphatic heterocycles. The first-order valence-electron chi connectivity index (χ1n) is 9.91. The first-order valence-corrected chi connectivity index (χ1v) is 9.91. The molecule has 28 heavy (non-hydrogen) atoms. The summed E-state index contributed by atoms with van der Waals surface area (Å²) in [5, 5.41) is 3.39. The Kier molecular flexibility index (Phi) is 6.98. The molecule has 0 bridgehead atoms. The third kappa shape index (κ3) is 5.52. The third-order valence-corrected chi connectivity index (χ3v) is 4.77. The quantitative estimate of drug-likeness (QED) is 0.633. The number of hydrogen-bond acceptors (Lipinski definition) is 3. The molecule has 0 saturated carbocycles. The van der Waals surface area contributed by atoms with Crippen molar-refractivity contribution in [2.45, 2.75) is 39.4 Å². The van der Waals surface area contributed by atoms with Crippen LogP contribution in [0, 0.1) is 12.7 Å². The molecule has 0 amide bonds. The molecule has 1 aromatic heterocycles. The third-order valence-electron chi connectivity index (χ3n) is 4.77. The summed E-state index contributed by atoms with van der Waals surface area (Å²) in [4.78, 5) is 11.4. The zero-order valence-corrected chi connectivity index (χ0v) is 16.9. The van der Waals surface area contributed by atoms with Crippen LogP contribution in [0.15, 0.2) is 47.6 Å². The monoisotopic (exact) mass is 384 g/mol. The van der Waals surface area contributed by atoms with E-state index in [9.17, 15) is 4.39 Å². The number of pyridine rings is 1. The minimum atomic E-state index is -0.232. The Morgan fingerprint density at radius 2 is 2.04 bits per heavy atom. The minimum absolute atomic E-state index is 0.0638. The van der Waals surface area contributed by atoms with Crippen LogP contribution in [0.1, 0.15) is 36.8 Å². The van der Waals surface area contributed by atoms with Gasteiger partial charge in [0, 0.05) is 31.5 Å². The highest BCUT2D eigenvalue weighted by Crippen LogP contribution is 2.25. The number of benzene rings is 1. The molecule has 2 unspecified atom stereocenters. The lowest BCUT2D eigenvalue weighted by Gasteiger charge is -2.38. The van der Waals surface area contributed by atoms with Crippen LogP contribution >= 0.6 is 0 Å². The smallest absolute Gasteiger partial charge is 0.194 e. The van der Waals surface area contributed by atoms with Gasteiger partial charge in [-0.25, -0.2) is 4.39 Å². The molecule has 6 heteroatoms. The van der Waals surface area contributed by atoms with Crippen LogP contribution in [0.4, 0.5) is 4.39 Å². The second kappa shape index (κ2) is 9.64. The van der Waals surface area contributed by atoms with E-state index in [0.29, 0.717) is 13.1 Å². The van der Waals surface area contributed by atoms with Gasteiger partial charge in [-0.05, 0) is 56.5 Å². The highest BCUT2D eigenvalue weighted by Gasteiger charge is 2.28. The number of hydrogen-bond donors (Lipinski definition) is 1. The first-order chi connectivity index (χ1) is 13.5. The first kappa shape index (κ1) is 20.3. The molecule has 0 aliphatic carbocycles. The van der Waals surface area contributed by atoms with Crippen molar-refractivity contribution in [3.63, 3.8) is 0 Å². The van der Waals surface area contributed by atoms with E-state index < -0.39 is 0 Å². The standard InChI is InChI=1S/C22H29FN4O/c1-4-24-22(25-12-11-18-6-5-16(2)26-13-18)27-14-17(3)28-21(15-27)19-7-9-20(23)10-8-19/h5-10,13,17,21H,4,11-12,14-15H2,1-3H3,(H,24,25). The van der Waals surface area contributed by atoms with Gasteiger partial charge in [0.25, 0.3) is 0 Å². The molecule has 150 valence electrons. The van der Waals surface area contributed by atoms with Crippen molar-refractivity contribution >= 4 is 5.96 Å². The summed E-state index contributed by atoms with van der Waals surface area (Å²) >= 11 is 0. The number of nitrogens with zero attached hydrogens (tertiary/aromatic N) is 3. The van der Waals surface area contributed by atoms with Crippen molar-refractivity contribution < 1.29 is 9.13 Å². The van der Waals surface area contributed by atoms with Gasteiger partial charge in [0.15, 0.2) is 5.96 Å². The number of halogens is 1. The Bertz CT molecular complexity index is 776. The maximum atomic E-state index is 13.3. The van der Waals surface area contributed by atoms with Crippen molar-refractivity contribution in [2.75, 3.05) is 26.2 Å². The van der Waals surface area contributed by atoms with E-state index in [1.54, 1.807) is 12.1 Å². The SMILES string of the molecule is CCNC(=NCCc1ccc(C)nc1)N1CC(C)OC(c2ccc(F)cc2)C1. The van der Waals surface area contributed by atoms with Gasteiger partial charge in [0.1, 0.15) is 11.9 Å². The van der Waals surface area contributed by atoms with Crippen LogP contribution in [-0.2, 0) is 11.2 Å². The van der Waals surface area contributed by atoms with Gasteiger partial charge in [0.2, 0.25) is 0 Å². The lowest BCUT2D eigenvalue weighted by atomic mass is 10.1. The highest BCUT2D eigenvalue weighted by atomic mass is 19.1. The topological polar surface area (TPSA) is 49.8 Å². The molecule has 1 N–H and O–H groups in total. The molecule has 0 spiro atoms. The van der Waals surface area contributed by atoms with Crippen LogP contribution in [0.2, 0.25) is 0 Å². The van der Waals surface area contributed by atoms with Crippen molar-refractivity contribution in [2.24, 2.45) is 4.99 Å². The lowest BCUT2D eigenvalue weighted by Crippen LogP contribution is -2.50. The maximum Gasteiger partial charge on any atom is 0.194 e.